The first-order valence-electron chi connectivity index (χ1n) is 10.3. The lowest BCUT2D eigenvalue weighted by molar-refractivity contribution is -0.131. The number of hydrogen-bond acceptors (Lipinski definition) is 4. The Hall–Kier alpha value is -2.87. The molecule has 7 nitrogen and oxygen atoms in total. The second kappa shape index (κ2) is 9.30. The van der Waals surface area contributed by atoms with Crippen molar-refractivity contribution in [1.82, 2.24) is 15.5 Å². The Bertz CT molecular complexity index is 927. The third-order valence-corrected chi connectivity index (χ3v) is 6.57. The number of benzene rings is 1. The van der Waals surface area contributed by atoms with Gasteiger partial charge >= 0.3 is 0 Å². The van der Waals surface area contributed by atoms with E-state index in [0.29, 0.717) is 38.4 Å². The molecule has 2 aromatic rings. The van der Waals surface area contributed by atoms with Crippen LogP contribution in [0.15, 0.2) is 46.8 Å². The first-order chi connectivity index (χ1) is 14.6. The third-order valence-electron chi connectivity index (χ3n) is 5.55. The van der Waals surface area contributed by atoms with Gasteiger partial charge in [-0.05, 0) is 35.6 Å². The van der Waals surface area contributed by atoms with Crippen LogP contribution in [0, 0.1) is 0 Å². The number of para-hydroxylation sites is 1. The predicted molar refractivity (Wildman–Crippen MR) is 120 cm³/mol. The van der Waals surface area contributed by atoms with Crippen molar-refractivity contribution in [1.29, 1.82) is 0 Å². The standard InChI is InChI=1S/C22H27N5O2S/c1-23-22(25-17-13-21(29)27(15-17)18-5-3-2-4-6-18)24-10-7-20(28)26-11-8-19-16(14-26)9-12-30-19/h2-6,9,12,17H,7-8,10-11,13-15H2,1H3,(H2,23,24,25). The lowest BCUT2D eigenvalue weighted by atomic mass is 10.1. The molecule has 0 spiro atoms. The van der Waals surface area contributed by atoms with Crippen LogP contribution in [0.5, 0.6) is 0 Å². The van der Waals surface area contributed by atoms with E-state index in [-0.39, 0.29) is 17.9 Å². The highest BCUT2D eigenvalue weighted by Crippen LogP contribution is 2.24. The summed E-state index contributed by atoms with van der Waals surface area (Å²) in [5.41, 5.74) is 2.19. The number of thiophene rings is 1. The Balaban J connectivity index is 1.23. The van der Waals surface area contributed by atoms with Crippen molar-refractivity contribution < 1.29 is 9.59 Å². The van der Waals surface area contributed by atoms with Gasteiger partial charge in [0.15, 0.2) is 5.96 Å². The molecule has 2 amide bonds. The van der Waals surface area contributed by atoms with Crippen molar-refractivity contribution in [3.63, 3.8) is 0 Å². The minimum atomic E-state index is -0.0151. The maximum Gasteiger partial charge on any atom is 0.229 e. The molecular formula is C22H27N5O2S. The molecule has 4 rings (SSSR count). The fraction of sp³-hybridized carbons (Fsp3) is 0.409. The molecule has 2 aliphatic rings. The van der Waals surface area contributed by atoms with E-state index < -0.39 is 0 Å². The zero-order valence-electron chi connectivity index (χ0n) is 17.1. The van der Waals surface area contributed by atoms with E-state index >= 15 is 0 Å². The third kappa shape index (κ3) is 4.64. The highest BCUT2D eigenvalue weighted by atomic mass is 32.1. The second-order valence-corrected chi connectivity index (χ2v) is 8.57. The van der Waals surface area contributed by atoms with Crippen LogP contribution < -0.4 is 15.5 Å². The number of carbonyl (C=O) groups excluding carboxylic acids is 2. The Morgan fingerprint density at radius 1 is 1.27 bits per heavy atom. The first-order valence-corrected chi connectivity index (χ1v) is 11.2. The number of rotatable bonds is 5. The molecule has 0 bridgehead atoms. The zero-order valence-corrected chi connectivity index (χ0v) is 18.0. The summed E-state index contributed by atoms with van der Waals surface area (Å²) in [5, 5.41) is 8.62. The van der Waals surface area contributed by atoms with Crippen LogP contribution in [0.25, 0.3) is 0 Å². The predicted octanol–water partition coefficient (Wildman–Crippen LogP) is 1.99. The summed E-state index contributed by atoms with van der Waals surface area (Å²) in [6, 6.07) is 11.8. The van der Waals surface area contributed by atoms with E-state index in [1.807, 2.05) is 35.2 Å². The number of fused-ring (bicyclic) bond motifs is 1. The molecule has 30 heavy (non-hydrogen) atoms. The highest BCUT2D eigenvalue weighted by Gasteiger charge is 2.31. The van der Waals surface area contributed by atoms with Crippen LogP contribution in [0.3, 0.4) is 0 Å². The molecule has 1 atom stereocenters. The topological polar surface area (TPSA) is 77.0 Å². The Labute approximate surface area is 180 Å². The Morgan fingerprint density at radius 3 is 2.90 bits per heavy atom. The van der Waals surface area contributed by atoms with Gasteiger partial charge in [-0.3, -0.25) is 14.6 Å². The summed E-state index contributed by atoms with van der Waals surface area (Å²) in [6.07, 6.45) is 1.79. The summed E-state index contributed by atoms with van der Waals surface area (Å²) < 4.78 is 0. The molecule has 1 fully saturated rings. The van der Waals surface area contributed by atoms with Crippen LogP contribution in [-0.4, -0.2) is 55.4 Å². The summed E-state index contributed by atoms with van der Waals surface area (Å²) in [4.78, 5) is 34.3. The molecular weight excluding hydrogens is 398 g/mol. The van der Waals surface area contributed by atoms with Crippen LogP contribution >= 0.6 is 11.3 Å². The van der Waals surface area contributed by atoms with Gasteiger partial charge in [0.1, 0.15) is 0 Å². The van der Waals surface area contributed by atoms with Crippen LogP contribution in [0.4, 0.5) is 5.69 Å². The minimum absolute atomic E-state index is 0.0151. The lowest BCUT2D eigenvalue weighted by Crippen LogP contribution is -2.45. The van der Waals surface area contributed by atoms with E-state index in [4.69, 9.17) is 0 Å². The van der Waals surface area contributed by atoms with Crippen molar-refractivity contribution in [3.8, 4) is 0 Å². The van der Waals surface area contributed by atoms with Crippen LogP contribution in [0.1, 0.15) is 23.3 Å². The second-order valence-electron chi connectivity index (χ2n) is 7.57. The van der Waals surface area contributed by atoms with Crippen LogP contribution in [0.2, 0.25) is 0 Å². The summed E-state index contributed by atoms with van der Waals surface area (Å²) in [5.74, 6) is 0.873. The molecule has 1 unspecified atom stereocenters. The van der Waals surface area contributed by atoms with Crippen molar-refractivity contribution in [2.24, 2.45) is 4.99 Å². The number of anilines is 1. The van der Waals surface area contributed by atoms with E-state index in [2.05, 4.69) is 27.1 Å². The molecule has 1 aromatic carbocycles. The molecule has 2 aliphatic heterocycles. The average molecular weight is 426 g/mol. The number of nitrogens with one attached hydrogen (secondary N) is 2. The van der Waals surface area contributed by atoms with E-state index in [1.54, 1.807) is 23.3 Å². The quantitative estimate of drug-likeness (QED) is 0.567. The molecule has 1 saturated heterocycles. The number of guanidine groups is 1. The fourth-order valence-electron chi connectivity index (χ4n) is 3.96. The van der Waals surface area contributed by atoms with Crippen molar-refractivity contribution >= 4 is 34.8 Å². The Kier molecular flexibility index (Phi) is 6.32. The number of carbonyl (C=O) groups is 2. The molecule has 2 N–H and O–H groups in total. The van der Waals surface area contributed by atoms with Crippen molar-refractivity contribution in [2.75, 3.05) is 31.6 Å². The van der Waals surface area contributed by atoms with Gasteiger partial charge in [0.2, 0.25) is 11.8 Å². The smallest absolute Gasteiger partial charge is 0.229 e. The summed E-state index contributed by atoms with van der Waals surface area (Å²) >= 11 is 1.78. The molecule has 0 aliphatic carbocycles. The van der Waals surface area contributed by atoms with Gasteiger partial charge in [-0.15, -0.1) is 11.3 Å². The molecule has 1 aromatic heterocycles. The van der Waals surface area contributed by atoms with Gasteiger partial charge in [0, 0.05) is 56.6 Å². The minimum Gasteiger partial charge on any atom is -0.356 e. The molecule has 3 heterocycles. The lowest BCUT2D eigenvalue weighted by Gasteiger charge is -2.27. The molecule has 0 radical (unpaired) electrons. The number of amides is 2. The van der Waals surface area contributed by atoms with Crippen molar-refractivity contribution in [2.45, 2.75) is 31.8 Å². The first kappa shape index (κ1) is 20.4. The maximum absolute atomic E-state index is 12.6. The Morgan fingerprint density at radius 2 is 2.10 bits per heavy atom. The van der Waals surface area contributed by atoms with E-state index in [1.165, 1.54) is 10.4 Å². The number of nitrogens with zero attached hydrogens (tertiary/aromatic N) is 3. The van der Waals surface area contributed by atoms with Crippen LogP contribution in [-0.2, 0) is 22.6 Å². The van der Waals surface area contributed by atoms with Gasteiger partial charge in [-0.1, -0.05) is 18.2 Å². The van der Waals surface area contributed by atoms with Gasteiger partial charge < -0.3 is 20.4 Å². The van der Waals surface area contributed by atoms with Crippen molar-refractivity contribution in [3.05, 3.63) is 52.2 Å². The van der Waals surface area contributed by atoms with E-state index in [0.717, 1.165) is 18.7 Å². The fourth-order valence-corrected chi connectivity index (χ4v) is 4.85. The average Bonchev–Trinajstić information content (AvgIpc) is 3.39. The highest BCUT2D eigenvalue weighted by molar-refractivity contribution is 7.10. The normalized spacial score (nSPS) is 19.0. The molecule has 158 valence electrons. The summed E-state index contributed by atoms with van der Waals surface area (Å²) in [7, 11) is 1.70. The maximum atomic E-state index is 12.6. The summed E-state index contributed by atoms with van der Waals surface area (Å²) in [6.45, 7) is 2.61. The van der Waals surface area contributed by atoms with Gasteiger partial charge in [-0.25, -0.2) is 0 Å². The van der Waals surface area contributed by atoms with Gasteiger partial charge in [-0.2, -0.15) is 0 Å². The van der Waals surface area contributed by atoms with Gasteiger partial charge in [0.25, 0.3) is 0 Å². The number of hydrogen-bond donors (Lipinski definition) is 2. The largest absolute Gasteiger partial charge is 0.356 e. The number of aliphatic imine (C=N–C) groups is 1. The monoisotopic (exact) mass is 425 g/mol. The molecule has 8 heteroatoms. The van der Waals surface area contributed by atoms with E-state index in [9.17, 15) is 9.59 Å². The van der Waals surface area contributed by atoms with Gasteiger partial charge in [0.05, 0.1) is 6.04 Å². The SMILES string of the molecule is CN=C(NCCC(=O)N1CCc2sccc2C1)NC1CC(=O)N(c2ccccc2)C1. The molecule has 0 saturated carbocycles. The zero-order chi connectivity index (χ0) is 20.9.